The molecule has 2 aliphatic rings. The Bertz CT molecular complexity index is 1250. The van der Waals surface area contributed by atoms with Crippen LogP contribution in [0.15, 0.2) is 42.7 Å². The van der Waals surface area contributed by atoms with Crippen LogP contribution in [-0.2, 0) is 4.74 Å². The molecule has 1 saturated carbocycles. The molecule has 3 aromatic rings. The third-order valence-electron chi connectivity index (χ3n) is 6.99. The number of nitrogens with one attached hydrogen (secondary N) is 1. The Balaban J connectivity index is 0.000000202. The first kappa shape index (κ1) is 28.5. The molecule has 3 N–H and O–H groups in total. The highest BCUT2D eigenvalue weighted by atomic mass is 19.1. The normalized spacial score (nSPS) is 19.5. The van der Waals surface area contributed by atoms with E-state index in [9.17, 15) is 18.0 Å². The number of nitrogens with two attached hydrogens (primary N) is 1. The molecular weight excluding hydrogens is 509 g/mol. The van der Waals surface area contributed by atoms with Crippen molar-refractivity contribution in [1.82, 2.24) is 9.97 Å². The average Bonchev–Trinajstić information content (AvgIpc) is 2.94. The first-order valence-electron chi connectivity index (χ1n) is 13.1. The van der Waals surface area contributed by atoms with Crippen LogP contribution < -0.4 is 15.8 Å². The monoisotopic (exact) mass is 542 g/mol. The van der Waals surface area contributed by atoms with Crippen LogP contribution in [0.4, 0.5) is 18.9 Å². The maximum Gasteiger partial charge on any atom is 0.168 e. The molecule has 2 unspecified atom stereocenters. The molecule has 39 heavy (non-hydrogen) atoms. The van der Waals surface area contributed by atoms with Crippen molar-refractivity contribution in [2.24, 2.45) is 5.73 Å². The molecular formula is C29H33F3N4O3. The number of pyridine rings is 2. The molecule has 5 rings (SSSR count). The minimum Gasteiger partial charge on any atom is -0.490 e. The summed E-state index contributed by atoms with van der Waals surface area (Å²) in [6.45, 7) is 1.06. The van der Waals surface area contributed by atoms with Gasteiger partial charge in [-0.2, -0.15) is 0 Å². The molecule has 0 amide bonds. The van der Waals surface area contributed by atoms with Gasteiger partial charge in [0.1, 0.15) is 40.7 Å². The van der Waals surface area contributed by atoms with Gasteiger partial charge < -0.3 is 20.5 Å². The van der Waals surface area contributed by atoms with Crippen LogP contribution in [0, 0.1) is 17.5 Å². The van der Waals surface area contributed by atoms with Crippen LogP contribution in [0.25, 0.3) is 11.3 Å². The fourth-order valence-electron chi connectivity index (χ4n) is 5.01. The van der Waals surface area contributed by atoms with Gasteiger partial charge in [-0.3, -0.25) is 9.78 Å². The molecule has 10 heteroatoms. The predicted molar refractivity (Wildman–Crippen MR) is 142 cm³/mol. The molecule has 1 aliphatic heterocycles. The van der Waals surface area contributed by atoms with Gasteiger partial charge in [0.2, 0.25) is 0 Å². The summed E-state index contributed by atoms with van der Waals surface area (Å²) in [7, 11) is 1.95. The number of benzene rings is 1. The average molecular weight is 543 g/mol. The summed E-state index contributed by atoms with van der Waals surface area (Å²) in [5, 5.41) is 3.20. The molecule has 2 aromatic heterocycles. The summed E-state index contributed by atoms with van der Waals surface area (Å²) in [6.07, 6.45) is 10.0. The number of aromatic nitrogens is 2. The number of carbonyl (C=O) groups is 1. The zero-order chi connectivity index (χ0) is 27.8. The van der Waals surface area contributed by atoms with Crippen molar-refractivity contribution >= 4 is 12.0 Å². The molecule has 3 heterocycles. The Kier molecular flexibility index (Phi) is 9.89. The van der Waals surface area contributed by atoms with Crippen LogP contribution in [0.5, 0.6) is 5.75 Å². The molecule has 1 saturated heterocycles. The summed E-state index contributed by atoms with van der Waals surface area (Å²) >= 11 is 0. The van der Waals surface area contributed by atoms with Gasteiger partial charge in [0.25, 0.3) is 0 Å². The lowest BCUT2D eigenvalue weighted by molar-refractivity contribution is 0.0253. The molecule has 1 aromatic carbocycles. The third kappa shape index (κ3) is 7.33. The van der Waals surface area contributed by atoms with Gasteiger partial charge in [0.15, 0.2) is 6.29 Å². The summed E-state index contributed by atoms with van der Waals surface area (Å²) in [6, 6.07) is 6.54. The van der Waals surface area contributed by atoms with Crippen molar-refractivity contribution in [1.29, 1.82) is 0 Å². The van der Waals surface area contributed by atoms with E-state index in [1.807, 2.05) is 19.4 Å². The number of nitrogens with zero attached hydrogens (tertiary/aromatic N) is 2. The summed E-state index contributed by atoms with van der Waals surface area (Å²) in [5.74, 6) is -2.30. The number of anilines is 1. The van der Waals surface area contributed by atoms with Gasteiger partial charge in [0.05, 0.1) is 30.7 Å². The maximum atomic E-state index is 14.3. The van der Waals surface area contributed by atoms with Gasteiger partial charge >= 0.3 is 0 Å². The lowest BCUT2D eigenvalue weighted by atomic mass is 9.81. The molecule has 7 nitrogen and oxygen atoms in total. The SMILES string of the molecule is CNc1cnccc1C1CCCC(N)C1.O=Cc1ccc(F)c(-c2c(F)cc(OC3CCOCC3)cc2F)n1. The van der Waals surface area contributed by atoms with Crippen molar-refractivity contribution in [2.45, 2.75) is 56.6 Å². The molecule has 0 bridgehead atoms. The largest absolute Gasteiger partial charge is 0.490 e. The zero-order valence-corrected chi connectivity index (χ0v) is 21.8. The van der Waals surface area contributed by atoms with Gasteiger partial charge in [0, 0.05) is 44.3 Å². The van der Waals surface area contributed by atoms with Crippen LogP contribution in [0.2, 0.25) is 0 Å². The van der Waals surface area contributed by atoms with E-state index in [0.717, 1.165) is 36.4 Å². The van der Waals surface area contributed by atoms with E-state index in [1.54, 1.807) is 0 Å². The molecule has 208 valence electrons. The van der Waals surface area contributed by atoms with E-state index < -0.39 is 28.7 Å². The fourth-order valence-corrected chi connectivity index (χ4v) is 5.01. The Labute approximate surface area is 225 Å². The van der Waals surface area contributed by atoms with Crippen molar-refractivity contribution < 1.29 is 27.4 Å². The lowest BCUT2D eigenvalue weighted by Gasteiger charge is -2.28. The second-order valence-corrected chi connectivity index (χ2v) is 9.71. The highest BCUT2D eigenvalue weighted by molar-refractivity contribution is 5.74. The Morgan fingerprint density at radius 2 is 1.79 bits per heavy atom. The fraction of sp³-hybridized carbons (Fsp3) is 0.414. The van der Waals surface area contributed by atoms with Gasteiger partial charge in [-0.05, 0) is 48.9 Å². The number of hydrogen-bond acceptors (Lipinski definition) is 7. The molecule has 2 fully saturated rings. The zero-order valence-electron chi connectivity index (χ0n) is 21.8. The third-order valence-corrected chi connectivity index (χ3v) is 6.99. The quantitative estimate of drug-likeness (QED) is 0.389. The predicted octanol–water partition coefficient (Wildman–Crippen LogP) is 5.64. The Morgan fingerprint density at radius 3 is 2.46 bits per heavy atom. The van der Waals surface area contributed by atoms with Crippen molar-refractivity contribution in [2.75, 3.05) is 25.6 Å². The molecule has 2 atom stereocenters. The number of hydrogen-bond donors (Lipinski definition) is 2. The van der Waals surface area contributed by atoms with E-state index in [0.29, 0.717) is 44.3 Å². The minimum absolute atomic E-state index is 0.0209. The van der Waals surface area contributed by atoms with E-state index in [-0.39, 0.29) is 17.5 Å². The standard InChI is InChI=1S/C17H14F3NO3.C12H19N3/c18-13-2-1-10(9-22)21-17(13)16-14(19)7-12(8-15(16)20)24-11-3-5-23-6-4-11;1-14-12-8-15-6-5-11(12)9-3-2-4-10(13)7-9/h1-2,7-9,11H,3-6H2;5-6,8-10,14H,2-4,7,13H2,1H3. The van der Waals surface area contributed by atoms with E-state index in [2.05, 4.69) is 21.4 Å². The first-order valence-corrected chi connectivity index (χ1v) is 13.1. The Hall–Kier alpha value is -3.50. The smallest absolute Gasteiger partial charge is 0.168 e. The van der Waals surface area contributed by atoms with E-state index in [4.69, 9.17) is 15.2 Å². The van der Waals surface area contributed by atoms with Gasteiger partial charge in [-0.15, -0.1) is 0 Å². The van der Waals surface area contributed by atoms with E-state index >= 15 is 0 Å². The second kappa shape index (κ2) is 13.5. The minimum atomic E-state index is -1.01. The van der Waals surface area contributed by atoms with Crippen LogP contribution in [0.1, 0.15) is 60.5 Å². The van der Waals surface area contributed by atoms with E-state index in [1.165, 1.54) is 24.8 Å². The molecule has 0 radical (unpaired) electrons. The van der Waals surface area contributed by atoms with Crippen LogP contribution in [-0.4, -0.2) is 48.7 Å². The van der Waals surface area contributed by atoms with Crippen molar-refractivity contribution in [3.8, 4) is 17.0 Å². The highest BCUT2D eigenvalue weighted by Crippen LogP contribution is 2.35. The number of aldehydes is 1. The second-order valence-electron chi connectivity index (χ2n) is 9.71. The molecule has 1 aliphatic carbocycles. The van der Waals surface area contributed by atoms with Crippen LogP contribution >= 0.6 is 0 Å². The van der Waals surface area contributed by atoms with Gasteiger partial charge in [-0.1, -0.05) is 6.42 Å². The van der Waals surface area contributed by atoms with Crippen LogP contribution in [0.3, 0.4) is 0 Å². The summed E-state index contributed by atoms with van der Waals surface area (Å²) < 4.78 is 53.3. The number of carbonyl (C=O) groups excluding carboxylic acids is 1. The summed E-state index contributed by atoms with van der Waals surface area (Å²) in [5.41, 5.74) is 7.25. The highest BCUT2D eigenvalue weighted by Gasteiger charge is 2.23. The number of halogens is 3. The summed E-state index contributed by atoms with van der Waals surface area (Å²) in [4.78, 5) is 18.5. The van der Waals surface area contributed by atoms with Gasteiger partial charge in [-0.25, -0.2) is 18.2 Å². The topological polar surface area (TPSA) is 99.4 Å². The van der Waals surface area contributed by atoms with Crippen molar-refractivity contribution in [3.05, 3.63) is 71.4 Å². The number of ether oxygens (including phenoxy) is 2. The first-order chi connectivity index (χ1) is 18.9. The Morgan fingerprint density at radius 1 is 1.05 bits per heavy atom. The number of rotatable bonds is 6. The maximum absolute atomic E-state index is 14.3. The van der Waals surface area contributed by atoms with Crippen molar-refractivity contribution in [3.63, 3.8) is 0 Å². The lowest BCUT2D eigenvalue weighted by Crippen LogP contribution is -2.27. The molecule has 0 spiro atoms.